The van der Waals surface area contributed by atoms with Crippen molar-refractivity contribution in [3.8, 4) is 22.2 Å². The topological polar surface area (TPSA) is 86.5 Å². The minimum absolute atomic E-state index is 0.498. The lowest BCUT2D eigenvalue weighted by Crippen LogP contribution is -2.14. The van der Waals surface area contributed by atoms with Gasteiger partial charge in [-0.3, -0.25) is 0 Å². The molecular weight excluding hydrogens is 426 g/mol. The first-order valence-electron chi connectivity index (χ1n) is 10.5. The average molecular weight is 452 g/mol. The second kappa shape index (κ2) is 9.82. The van der Waals surface area contributed by atoms with Gasteiger partial charge in [-0.15, -0.1) is 11.3 Å². The number of aryl methyl sites for hydroxylation is 1. The van der Waals surface area contributed by atoms with Crippen molar-refractivity contribution in [2.24, 2.45) is 0 Å². The molecule has 4 rings (SSSR count). The number of ether oxygens (including phenoxy) is 2. The molecule has 0 radical (unpaired) electrons. The maximum absolute atomic E-state index is 11.2. The lowest BCUT2D eigenvalue weighted by molar-refractivity contribution is -0.140. The van der Waals surface area contributed by atoms with E-state index < -0.39 is 12.0 Å². The first-order chi connectivity index (χ1) is 15.5. The van der Waals surface area contributed by atoms with Crippen LogP contribution in [0.3, 0.4) is 0 Å². The van der Waals surface area contributed by atoms with E-state index in [1.54, 1.807) is 35.2 Å². The van der Waals surface area contributed by atoms with Crippen LogP contribution >= 0.6 is 11.3 Å². The zero-order valence-electron chi connectivity index (χ0n) is 18.0. The predicted molar refractivity (Wildman–Crippen MR) is 125 cm³/mol. The van der Waals surface area contributed by atoms with Gasteiger partial charge in [0.1, 0.15) is 16.8 Å². The number of benzene rings is 1. The van der Waals surface area contributed by atoms with Crippen LogP contribution in [0.1, 0.15) is 32.0 Å². The zero-order valence-corrected chi connectivity index (χ0v) is 18.8. The maximum atomic E-state index is 11.2. The summed E-state index contributed by atoms with van der Waals surface area (Å²) in [7, 11) is 0. The van der Waals surface area contributed by atoms with Gasteiger partial charge in [0.05, 0.1) is 18.9 Å². The van der Waals surface area contributed by atoms with Gasteiger partial charge in [0.25, 0.3) is 0 Å². The molecule has 0 aliphatic rings. The van der Waals surface area contributed by atoms with Gasteiger partial charge >= 0.3 is 5.97 Å². The number of nitrogens with zero attached hydrogens (tertiary/aromatic N) is 3. The van der Waals surface area contributed by atoms with Gasteiger partial charge in [0.15, 0.2) is 0 Å². The van der Waals surface area contributed by atoms with Crippen LogP contribution in [0.5, 0.6) is 11.6 Å². The number of carboxylic acids is 1. The first-order valence-corrected chi connectivity index (χ1v) is 11.4. The van der Waals surface area contributed by atoms with Crippen LogP contribution in [0, 0.1) is 0 Å². The summed E-state index contributed by atoms with van der Waals surface area (Å²) in [6, 6.07) is 10.8. The van der Waals surface area contributed by atoms with Crippen LogP contribution in [0.2, 0.25) is 0 Å². The quantitative estimate of drug-likeness (QED) is 0.333. The van der Waals surface area contributed by atoms with Crippen molar-refractivity contribution < 1.29 is 19.4 Å². The maximum Gasteiger partial charge on any atom is 0.326 e. The third kappa shape index (κ3) is 4.91. The third-order valence-corrected chi connectivity index (χ3v) is 6.11. The highest BCUT2D eigenvalue weighted by Gasteiger charge is 2.15. The summed E-state index contributed by atoms with van der Waals surface area (Å²) in [5, 5.41) is 13.2. The van der Waals surface area contributed by atoms with E-state index in [-0.39, 0.29) is 0 Å². The molecule has 7 nitrogen and oxygen atoms in total. The molecule has 4 aromatic rings. The predicted octanol–water partition coefficient (Wildman–Crippen LogP) is 5.22. The van der Waals surface area contributed by atoms with Crippen molar-refractivity contribution in [3.05, 3.63) is 59.9 Å². The fourth-order valence-corrected chi connectivity index (χ4v) is 4.20. The number of aromatic nitrogens is 3. The number of hydrogen-bond donors (Lipinski definition) is 1. The minimum Gasteiger partial charge on any atom is -0.493 e. The number of pyridine rings is 1. The Balaban J connectivity index is 1.25. The van der Waals surface area contributed by atoms with E-state index in [0.29, 0.717) is 25.5 Å². The van der Waals surface area contributed by atoms with Crippen molar-refractivity contribution in [1.82, 2.24) is 14.5 Å². The van der Waals surface area contributed by atoms with Crippen LogP contribution < -0.4 is 9.47 Å². The fourth-order valence-electron chi connectivity index (χ4n) is 3.31. The Bertz CT molecular complexity index is 1200. The Labute approximate surface area is 190 Å². The summed E-state index contributed by atoms with van der Waals surface area (Å²) in [6.07, 6.45) is 5.22. The number of thiazole rings is 1. The molecule has 3 aromatic heterocycles. The molecule has 32 heavy (non-hydrogen) atoms. The molecule has 0 saturated carbocycles. The molecule has 3 heterocycles. The second-order valence-electron chi connectivity index (χ2n) is 7.39. The zero-order chi connectivity index (χ0) is 22.5. The van der Waals surface area contributed by atoms with E-state index >= 15 is 0 Å². The normalized spacial score (nSPS) is 12.1. The van der Waals surface area contributed by atoms with Crippen LogP contribution in [-0.4, -0.2) is 38.8 Å². The molecule has 0 amide bonds. The molecule has 0 bridgehead atoms. The summed E-state index contributed by atoms with van der Waals surface area (Å²) in [4.78, 5) is 20.2. The molecule has 1 unspecified atom stereocenters. The second-order valence-corrected chi connectivity index (χ2v) is 8.25. The van der Waals surface area contributed by atoms with E-state index in [9.17, 15) is 9.90 Å². The number of aliphatic carboxylic acids is 1. The molecule has 1 aromatic carbocycles. The Morgan fingerprint density at radius 3 is 2.75 bits per heavy atom. The molecule has 8 heteroatoms. The van der Waals surface area contributed by atoms with E-state index in [1.165, 1.54) is 0 Å². The van der Waals surface area contributed by atoms with Gasteiger partial charge in [0, 0.05) is 46.7 Å². The highest BCUT2D eigenvalue weighted by Crippen LogP contribution is 2.26. The van der Waals surface area contributed by atoms with Crippen LogP contribution in [0.25, 0.3) is 21.5 Å². The summed E-state index contributed by atoms with van der Waals surface area (Å²) in [5.74, 6) is 0.465. The van der Waals surface area contributed by atoms with Crippen molar-refractivity contribution in [2.75, 3.05) is 13.2 Å². The molecule has 1 atom stereocenters. The standard InChI is InChI=1S/C24H25N3O4S/c1-3-19-15-32-23(26-19)18-5-8-22(25-14-18)31-12-4-11-30-20-6-7-21-17(13-20)9-10-27(21)16(2)24(28)29/h5-10,13-16H,3-4,11-12H2,1-2H3,(H,28,29). The monoisotopic (exact) mass is 451 g/mol. The Kier molecular flexibility index (Phi) is 6.70. The van der Waals surface area contributed by atoms with Crippen molar-refractivity contribution in [3.63, 3.8) is 0 Å². The summed E-state index contributed by atoms with van der Waals surface area (Å²) in [6.45, 7) is 4.76. The summed E-state index contributed by atoms with van der Waals surface area (Å²) in [5.41, 5.74) is 2.96. The fraction of sp³-hybridized carbons (Fsp3) is 0.292. The van der Waals surface area contributed by atoms with E-state index in [1.807, 2.05) is 36.4 Å². The number of rotatable bonds is 10. The van der Waals surface area contributed by atoms with E-state index in [2.05, 4.69) is 22.3 Å². The SMILES string of the molecule is CCc1csc(-c2ccc(OCCCOc3ccc4c(ccn4C(C)C(=O)O)c3)nc2)n1. The summed E-state index contributed by atoms with van der Waals surface area (Å²) < 4.78 is 13.3. The van der Waals surface area contributed by atoms with Gasteiger partial charge in [-0.2, -0.15) is 0 Å². The summed E-state index contributed by atoms with van der Waals surface area (Å²) >= 11 is 1.62. The smallest absolute Gasteiger partial charge is 0.326 e. The molecule has 1 N–H and O–H groups in total. The molecule has 0 fully saturated rings. The van der Waals surface area contributed by atoms with Crippen molar-refractivity contribution in [2.45, 2.75) is 32.7 Å². The lowest BCUT2D eigenvalue weighted by atomic mass is 10.2. The Hall–Kier alpha value is -3.39. The number of carbonyl (C=O) groups is 1. The third-order valence-electron chi connectivity index (χ3n) is 5.17. The lowest BCUT2D eigenvalue weighted by Gasteiger charge is -2.11. The molecule has 166 valence electrons. The Morgan fingerprint density at radius 2 is 2.03 bits per heavy atom. The van der Waals surface area contributed by atoms with Crippen LogP contribution in [0.15, 0.2) is 54.2 Å². The minimum atomic E-state index is -0.860. The Morgan fingerprint density at radius 1 is 1.19 bits per heavy atom. The average Bonchev–Trinajstić information content (AvgIpc) is 3.45. The van der Waals surface area contributed by atoms with E-state index in [4.69, 9.17) is 9.47 Å². The van der Waals surface area contributed by atoms with Crippen molar-refractivity contribution >= 4 is 28.2 Å². The number of fused-ring (bicyclic) bond motifs is 1. The van der Waals surface area contributed by atoms with Crippen molar-refractivity contribution in [1.29, 1.82) is 0 Å². The largest absolute Gasteiger partial charge is 0.493 e. The first kappa shape index (κ1) is 21.8. The molecule has 0 saturated heterocycles. The number of hydrogen-bond acceptors (Lipinski definition) is 6. The van der Waals surface area contributed by atoms with Gasteiger partial charge in [-0.25, -0.2) is 14.8 Å². The molecular formula is C24H25N3O4S. The van der Waals surface area contributed by atoms with E-state index in [0.717, 1.165) is 39.3 Å². The van der Waals surface area contributed by atoms with Crippen LogP contribution in [-0.2, 0) is 11.2 Å². The van der Waals surface area contributed by atoms with Gasteiger partial charge in [-0.05, 0) is 43.7 Å². The van der Waals surface area contributed by atoms with Gasteiger partial charge < -0.3 is 19.1 Å². The van der Waals surface area contributed by atoms with Crippen LogP contribution in [0.4, 0.5) is 0 Å². The molecule has 0 spiro atoms. The molecule has 0 aliphatic heterocycles. The van der Waals surface area contributed by atoms with Gasteiger partial charge in [0.2, 0.25) is 5.88 Å². The number of carboxylic acid groups (broad SMARTS) is 1. The highest BCUT2D eigenvalue weighted by atomic mass is 32.1. The van der Waals surface area contributed by atoms with Gasteiger partial charge in [-0.1, -0.05) is 6.92 Å². The highest BCUT2D eigenvalue weighted by molar-refractivity contribution is 7.13. The molecule has 0 aliphatic carbocycles.